The number of fused-ring (bicyclic) bond motifs is 2. The van der Waals surface area contributed by atoms with Gasteiger partial charge in [0.15, 0.2) is 0 Å². The van der Waals surface area contributed by atoms with Gasteiger partial charge in [0.25, 0.3) is 5.91 Å². The molecule has 0 atom stereocenters. The van der Waals surface area contributed by atoms with Crippen molar-refractivity contribution in [2.45, 2.75) is 44.9 Å². The summed E-state index contributed by atoms with van der Waals surface area (Å²) in [5.41, 5.74) is 5.12. The number of hydrogen-bond donors (Lipinski definition) is 3. The molecule has 0 spiro atoms. The van der Waals surface area contributed by atoms with Gasteiger partial charge in [0, 0.05) is 23.2 Å². The Morgan fingerprint density at radius 3 is 2.60 bits per heavy atom. The minimum absolute atomic E-state index is 0.0150. The Labute approximate surface area is 173 Å². The zero-order valence-corrected chi connectivity index (χ0v) is 16.5. The normalized spacial score (nSPS) is 20.7. The maximum Gasteiger partial charge on any atom is 0.251 e. The van der Waals surface area contributed by atoms with Gasteiger partial charge in [-0.3, -0.25) is 9.59 Å². The standard InChI is InChI=1S/C22H23N5O3/c28-21(24-18-7-8-19-20(10-18)26-27-25-19)13-3-5-17(6-4-13)23-22(29)14-1-2-15-11-30-12-16(15)9-14/h1-2,7-10,13,17H,3-6,11-12H2,(H,23,29)(H,24,28)(H,25,26,27). The van der Waals surface area contributed by atoms with Crippen molar-refractivity contribution in [2.24, 2.45) is 5.92 Å². The molecule has 8 nitrogen and oxygen atoms in total. The third-order valence-electron chi connectivity index (χ3n) is 6.00. The first-order valence-electron chi connectivity index (χ1n) is 10.3. The summed E-state index contributed by atoms with van der Waals surface area (Å²) in [4.78, 5) is 25.3. The highest BCUT2D eigenvalue weighted by molar-refractivity contribution is 5.95. The number of H-pyrrole nitrogens is 1. The van der Waals surface area contributed by atoms with Gasteiger partial charge >= 0.3 is 0 Å². The second kappa shape index (κ2) is 7.87. The van der Waals surface area contributed by atoms with E-state index in [-0.39, 0.29) is 23.8 Å². The number of ether oxygens (including phenoxy) is 1. The summed E-state index contributed by atoms with van der Waals surface area (Å²) < 4.78 is 5.42. The Hall–Kier alpha value is -3.26. The number of carbonyl (C=O) groups is 2. The molecule has 2 heterocycles. The number of nitrogens with one attached hydrogen (secondary N) is 3. The van der Waals surface area contributed by atoms with Crippen LogP contribution in [0.3, 0.4) is 0 Å². The van der Waals surface area contributed by atoms with E-state index in [4.69, 9.17) is 4.74 Å². The Morgan fingerprint density at radius 1 is 0.933 bits per heavy atom. The monoisotopic (exact) mass is 405 g/mol. The zero-order chi connectivity index (χ0) is 20.5. The van der Waals surface area contributed by atoms with Gasteiger partial charge in [0.05, 0.1) is 13.2 Å². The molecule has 3 N–H and O–H groups in total. The molecular weight excluding hydrogens is 382 g/mol. The van der Waals surface area contributed by atoms with Gasteiger partial charge < -0.3 is 15.4 Å². The van der Waals surface area contributed by atoms with E-state index in [1.807, 2.05) is 36.4 Å². The lowest BCUT2D eigenvalue weighted by atomic mass is 9.85. The Bertz CT molecular complexity index is 1100. The average Bonchev–Trinajstić information content (AvgIpc) is 3.42. The number of amides is 2. The highest BCUT2D eigenvalue weighted by Crippen LogP contribution is 2.27. The fourth-order valence-electron chi connectivity index (χ4n) is 4.24. The summed E-state index contributed by atoms with van der Waals surface area (Å²) in [5.74, 6) is -0.0944. The van der Waals surface area contributed by atoms with Crippen molar-refractivity contribution in [2.75, 3.05) is 5.32 Å². The van der Waals surface area contributed by atoms with E-state index in [0.29, 0.717) is 18.8 Å². The predicted octanol–water partition coefficient (Wildman–Crippen LogP) is 2.92. The van der Waals surface area contributed by atoms with Crippen LogP contribution in [0.1, 0.15) is 47.2 Å². The second-order valence-electron chi connectivity index (χ2n) is 8.01. The van der Waals surface area contributed by atoms with E-state index in [2.05, 4.69) is 26.0 Å². The van der Waals surface area contributed by atoms with Gasteiger partial charge in [0.1, 0.15) is 11.0 Å². The van der Waals surface area contributed by atoms with Crippen LogP contribution in [0.5, 0.6) is 0 Å². The van der Waals surface area contributed by atoms with Crippen LogP contribution in [0, 0.1) is 5.92 Å². The van der Waals surface area contributed by atoms with Crippen molar-refractivity contribution >= 4 is 28.5 Å². The minimum Gasteiger partial charge on any atom is -0.372 e. The molecule has 0 unspecified atom stereocenters. The number of aromatic amines is 1. The van der Waals surface area contributed by atoms with Crippen molar-refractivity contribution in [1.82, 2.24) is 20.7 Å². The maximum atomic E-state index is 12.6. The van der Waals surface area contributed by atoms with E-state index < -0.39 is 0 Å². The number of aromatic nitrogens is 3. The van der Waals surface area contributed by atoms with Crippen molar-refractivity contribution in [3.63, 3.8) is 0 Å². The van der Waals surface area contributed by atoms with E-state index in [0.717, 1.165) is 53.5 Å². The molecule has 2 aliphatic rings. The fraction of sp³-hybridized carbons (Fsp3) is 0.364. The largest absolute Gasteiger partial charge is 0.372 e. The summed E-state index contributed by atoms with van der Waals surface area (Å²) in [7, 11) is 0. The summed E-state index contributed by atoms with van der Waals surface area (Å²) in [6, 6.07) is 11.3. The lowest BCUT2D eigenvalue weighted by Crippen LogP contribution is -2.39. The van der Waals surface area contributed by atoms with Crippen LogP contribution in [0.15, 0.2) is 36.4 Å². The molecule has 0 saturated heterocycles. The van der Waals surface area contributed by atoms with Crippen molar-refractivity contribution in [1.29, 1.82) is 0 Å². The molecule has 0 bridgehead atoms. The molecule has 1 aliphatic heterocycles. The molecular formula is C22H23N5O3. The topological polar surface area (TPSA) is 109 Å². The molecule has 154 valence electrons. The second-order valence-corrected chi connectivity index (χ2v) is 8.01. The quantitative estimate of drug-likeness (QED) is 0.618. The van der Waals surface area contributed by atoms with Gasteiger partial charge in [0.2, 0.25) is 5.91 Å². The van der Waals surface area contributed by atoms with Gasteiger partial charge in [-0.2, -0.15) is 15.4 Å². The molecule has 1 fully saturated rings. The lowest BCUT2D eigenvalue weighted by molar-refractivity contribution is -0.120. The zero-order valence-electron chi connectivity index (χ0n) is 16.5. The molecule has 1 saturated carbocycles. The molecule has 3 aromatic rings. The Kier molecular flexibility index (Phi) is 4.92. The first kappa shape index (κ1) is 18.7. The fourth-order valence-corrected chi connectivity index (χ4v) is 4.24. The Balaban J connectivity index is 1.14. The van der Waals surface area contributed by atoms with Gasteiger partial charge in [-0.05, 0) is 67.1 Å². The van der Waals surface area contributed by atoms with Crippen molar-refractivity contribution in [3.8, 4) is 0 Å². The molecule has 0 radical (unpaired) electrons. The smallest absolute Gasteiger partial charge is 0.251 e. The maximum absolute atomic E-state index is 12.6. The number of nitrogens with zero attached hydrogens (tertiary/aromatic N) is 2. The van der Waals surface area contributed by atoms with Crippen LogP contribution in [-0.4, -0.2) is 33.3 Å². The van der Waals surface area contributed by atoms with Crippen LogP contribution in [-0.2, 0) is 22.7 Å². The number of carbonyl (C=O) groups excluding carboxylic acids is 2. The van der Waals surface area contributed by atoms with Crippen LogP contribution >= 0.6 is 0 Å². The molecule has 2 amide bonds. The summed E-state index contributed by atoms with van der Waals surface area (Å²) in [5, 5.41) is 16.7. The molecule has 2 aromatic carbocycles. The average molecular weight is 405 g/mol. The van der Waals surface area contributed by atoms with E-state index in [1.165, 1.54) is 0 Å². The third kappa shape index (κ3) is 3.78. The summed E-state index contributed by atoms with van der Waals surface area (Å²) >= 11 is 0. The summed E-state index contributed by atoms with van der Waals surface area (Å²) in [6.45, 7) is 1.19. The van der Waals surface area contributed by atoms with E-state index in [1.54, 1.807) is 0 Å². The number of hydrogen-bond acceptors (Lipinski definition) is 5. The third-order valence-corrected chi connectivity index (χ3v) is 6.00. The minimum atomic E-state index is -0.0569. The molecule has 1 aromatic heterocycles. The predicted molar refractivity (Wildman–Crippen MR) is 111 cm³/mol. The van der Waals surface area contributed by atoms with Gasteiger partial charge in [-0.1, -0.05) is 6.07 Å². The number of benzene rings is 2. The van der Waals surface area contributed by atoms with Crippen LogP contribution < -0.4 is 10.6 Å². The highest BCUT2D eigenvalue weighted by Gasteiger charge is 2.27. The molecule has 30 heavy (non-hydrogen) atoms. The van der Waals surface area contributed by atoms with Gasteiger partial charge in [-0.15, -0.1) is 0 Å². The SMILES string of the molecule is O=C(NC1CCC(C(=O)Nc2ccc3n[nH]nc3c2)CC1)c1ccc2c(c1)COC2. The van der Waals surface area contributed by atoms with E-state index >= 15 is 0 Å². The lowest BCUT2D eigenvalue weighted by Gasteiger charge is -2.28. The first-order chi connectivity index (χ1) is 14.7. The van der Waals surface area contributed by atoms with Crippen LogP contribution in [0.4, 0.5) is 5.69 Å². The van der Waals surface area contributed by atoms with Crippen molar-refractivity contribution in [3.05, 3.63) is 53.1 Å². The number of anilines is 1. The van der Waals surface area contributed by atoms with Gasteiger partial charge in [-0.25, -0.2) is 0 Å². The Morgan fingerprint density at radius 2 is 1.73 bits per heavy atom. The molecule has 8 heteroatoms. The summed E-state index contributed by atoms with van der Waals surface area (Å²) in [6.07, 6.45) is 3.09. The van der Waals surface area contributed by atoms with E-state index in [9.17, 15) is 9.59 Å². The highest BCUT2D eigenvalue weighted by atomic mass is 16.5. The first-order valence-corrected chi connectivity index (χ1v) is 10.3. The van der Waals surface area contributed by atoms with Crippen molar-refractivity contribution < 1.29 is 14.3 Å². The van der Waals surface area contributed by atoms with Crippen LogP contribution in [0.2, 0.25) is 0 Å². The van der Waals surface area contributed by atoms with Crippen LogP contribution in [0.25, 0.3) is 11.0 Å². The molecule has 5 rings (SSSR count). The number of rotatable bonds is 4. The molecule has 1 aliphatic carbocycles.